The Balaban J connectivity index is 1.93. The molecule has 1 aromatic carbocycles. The largest absolute Gasteiger partial charge is 0.376 e. The zero-order valence-corrected chi connectivity index (χ0v) is 16.4. The van der Waals surface area contributed by atoms with E-state index in [9.17, 15) is 0 Å². The Kier molecular flexibility index (Phi) is 6.88. The smallest absolute Gasteiger partial charge is 0.0631 e. The fourth-order valence-electron chi connectivity index (χ4n) is 4.15. The second-order valence-corrected chi connectivity index (χ2v) is 8.80. The summed E-state index contributed by atoms with van der Waals surface area (Å²) in [5.41, 5.74) is 1.84. The van der Waals surface area contributed by atoms with Crippen molar-refractivity contribution in [2.75, 3.05) is 13.2 Å². The van der Waals surface area contributed by atoms with Crippen molar-refractivity contribution in [1.29, 1.82) is 0 Å². The van der Waals surface area contributed by atoms with Crippen LogP contribution in [0.2, 0.25) is 0 Å². The van der Waals surface area contributed by atoms with Crippen molar-refractivity contribution < 1.29 is 4.74 Å². The van der Waals surface area contributed by atoms with Crippen molar-refractivity contribution in [3.05, 3.63) is 35.9 Å². The number of hydrogen-bond donors (Lipinski definition) is 1. The van der Waals surface area contributed by atoms with Gasteiger partial charge in [-0.15, -0.1) is 0 Å². The second kappa shape index (κ2) is 8.49. The first-order valence-corrected chi connectivity index (χ1v) is 9.74. The Hall–Kier alpha value is -0.860. The average molecular weight is 332 g/mol. The monoisotopic (exact) mass is 331 g/mol. The predicted molar refractivity (Wildman–Crippen MR) is 103 cm³/mol. The first-order chi connectivity index (χ1) is 11.3. The first-order valence-electron chi connectivity index (χ1n) is 9.74. The molecular weight excluding hydrogens is 294 g/mol. The van der Waals surface area contributed by atoms with Crippen molar-refractivity contribution in [1.82, 2.24) is 5.32 Å². The molecule has 1 heterocycles. The molecule has 1 aliphatic rings. The predicted octanol–water partition coefficient (Wildman–Crippen LogP) is 5.74. The number of ether oxygens (including phenoxy) is 1. The number of nitrogens with one attached hydrogen (secondary N) is 1. The Morgan fingerprint density at radius 2 is 1.79 bits per heavy atom. The van der Waals surface area contributed by atoms with Crippen molar-refractivity contribution in [3.8, 4) is 0 Å². The van der Waals surface area contributed by atoms with Gasteiger partial charge >= 0.3 is 0 Å². The van der Waals surface area contributed by atoms with Crippen LogP contribution >= 0.6 is 0 Å². The summed E-state index contributed by atoms with van der Waals surface area (Å²) in [4.78, 5) is 0. The molecule has 24 heavy (non-hydrogen) atoms. The van der Waals surface area contributed by atoms with Gasteiger partial charge in [0.15, 0.2) is 0 Å². The van der Waals surface area contributed by atoms with Gasteiger partial charge in [0.1, 0.15) is 0 Å². The van der Waals surface area contributed by atoms with Crippen molar-refractivity contribution >= 4 is 0 Å². The number of hydrogen-bond acceptors (Lipinski definition) is 2. The normalized spacial score (nSPS) is 24.9. The van der Waals surface area contributed by atoms with E-state index in [2.05, 4.69) is 70.3 Å². The molecule has 1 N–H and O–H groups in total. The van der Waals surface area contributed by atoms with E-state index in [0.29, 0.717) is 11.5 Å². The van der Waals surface area contributed by atoms with Crippen LogP contribution in [0.15, 0.2) is 30.3 Å². The molecule has 1 aliphatic heterocycles. The summed E-state index contributed by atoms with van der Waals surface area (Å²) >= 11 is 0. The molecule has 2 rings (SSSR count). The van der Waals surface area contributed by atoms with Crippen LogP contribution in [0.4, 0.5) is 0 Å². The van der Waals surface area contributed by atoms with Crippen LogP contribution in [0.3, 0.4) is 0 Å². The minimum absolute atomic E-state index is 0.0281. The summed E-state index contributed by atoms with van der Waals surface area (Å²) in [6.07, 6.45) is 6.31. The minimum Gasteiger partial charge on any atom is -0.376 e. The van der Waals surface area contributed by atoms with E-state index in [4.69, 9.17) is 4.74 Å². The van der Waals surface area contributed by atoms with Crippen LogP contribution in [0.25, 0.3) is 0 Å². The van der Waals surface area contributed by atoms with Gasteiger partial charge in [0.25, 0.3) is 0 Å². The molecule has 1 saturated heterocycles. The van der Waals surface area contributed by atoms with Crippen molar-refractivity contribution in [3.63, 3.8) is 0 Å². The Morgan fingerprint density at radius 1 is 1.08 bits per heavy atom. The van der Waals surface area contributed by atoms with E-state index in [1.54, 1.807) is 0 Å². The van der Waals surface area contributed by atoms with Gasteiger partial charge < -0.3 is 10.1 Å². The molecule has 0 aromatic heterocycles. The zero-order chi connectivity index (χ0) is 17.6. The summed E-state index contributed by atoms with van der Waals surface area (Å²) in [7, 11) is 0. The fourth-order valence-corrected chi connectivity index (χ4v) is 4.15. The third-order valence-electron chi connectivity index (χ3n) is 5.58. The maximum absolute atomic E-state index is 6.00. The molecule has 136 valence electrons. The molecule has 0 aliphatic carbocycles. The Morgan fingerprint density at radius 3 is 2.42 bits per heavy atom. The number of benzene rings is 1. The molecule has 1 aromatic rings. The molecule has 0 unspecified atom stereocenters. The third-order valence-corrected chi connectivity index (χ3v) is 5.58. The summed E-state index contributed by atoms with van der Waals surface area (Å²) in [5, 5.41) is 3.75. The Bertz CT molecular complexity index is 482. The summed E-state index contributed by atoms with van der Waals surface area (Å²) in [5.74, 6) is 0.782. The van der Waals surface area contributed by atoms with E-state index in [-0.39, 0.29) is 5.60 Å². The fraction of sp³-hybridized carbons (Fsp3) is 0.727. The standard InChI is InChI=1S/C22H37NO/c1-18(2)11-12-22(14-16-24-21(4,5)17-22)13-15-23-19(3)20-9-7-6-8-10-20/h6-10,18-19,23H,11-17H2,1-5H3/t19-,22+/m0/s1. The van der Waals surface area contributed by atoms with Gasteiger partial charge in [-0.2, -0.15) is 0 Å². The van der Waals surface area contributed by atoms with Gasteiger partial charge in [-0.05, 0) is 69.9 Å². The lowest BCUT2D eigenvalue weighted by Gasteiger charge is -2.46. The molecule has 0 bridgehead atoms. The van der Waals surface area contributed by atoms with Crippen LogP contribution in [0.1, 0.15) is 78.3 Å². The molecule has 2 heteroatoms. The van der Waals surface area contributed by atoms with Crippen LogP contribution in [0.5, 0.6) is 0 Å². The highest BCUT2D eigenvalue weighted by Gasteiger charge is 2.40. The topological polar surface area (TPSA) is 21.3 Å². The van der Waals surface area contributed by atoms with Gasteiger partial charge in [0, 0.05) is 12.6 Å². The van der Waals surface area contributed by atoms with Crippen LogP contribution in [-0.2, 0) is 4.74 Å². The van der Waals surface area contributed by atoms with Crippen molar-refractivity contribution in [2.45, 2.75) is 78.4 Å². The van der Waals surface area contributed by atoms with Crippen LogP contribution < -0.4 is 5.32 Å². The molecule has 0 amide bonds. The first kappa shape index (κ1) is 19.5. The minimum atomic E-state index is 0.0281. The molecule has 2 nitrogen and oxygen atoms in total. The SMILES string of the molecule is CC(C)CC[C@@]1(CCN[C@@H](C)c2ccccc2)CCOC(C)(C)C1. The van der Waals surface area contributed by atoms with Crippen LogP contribution in [-0.4, -0.2) is 18.8 Å². The summed E-state index contributed by atoms with van der Waals surface area (Å²) in [6.45, 7) is 13.5. The molecular formula is C22H37NO. The van der Waals surface area contributed by atoms with E-state index >= 15 is 0 Å². The average Bonchev–Trinajstić information content (AvgIpc) is 2.53. The molecule has 0 spiro atoms. The van der Waals surface area contributed by atoms with Gasteiger partial charge in [-0.25, -0.2) is 0 Å². The van der Waals surface area contributed by atoms with Gasteiger partial charge in [-0.1, -0.05) is 50.6 Å². The van der Waals surface area contributed by atoms with Crippen molar-refractivity contribution in [2.24, 2.45) is 11.3 Å². The maximum Gasteiger partial charge on any atom is 0.0631 e. The molecule has 1 fully saturated rings. The molecule has 0 radical (unpaired) electrons. The second-order valence-electron chi connectivity index (χ2n) is 8.80. The third kappa shape index (κ3) is 5.89. The lowest BCUT2D eigenvalue weighted by atomic mass is 9.68. The summed E-state index contributed by atoms with van der Waals surface area (Å²) in [6, 6.07) is 11.2. The summed E-state index contributed by atoms with van der Waals surface area (Å²) < 4.78 is 6.00. The van der Waals surface area contributed by atoms with Gasteiger partial charge in [-0.3, -0.25) is 0 Å². The molecule has 2 atom stereocenters. The highest BCUT2D eigenvalue weighted by Crippen LogP contribution is 2.45. The van der Waals surface area contributed by atoms with E-state index in [1.807, 2.05) is 0 Å². The highest BCUT2D eigenvalue weighted by molar-refractivity contribution is 5.17. The highest BCUT2D eigenvalue weighted by atomic mass is 16.5. The molecule has 0 saturated carbocycles. The van der Waals surface area contributed by atoms with E-state index in [1.165, 1.54) is 37.7 Å². The van der Waals surface area contributed by atoms with E-state index < -0.39 is 0 Å². The quantitative estimate of drug-likeness (QED) is 0.656. The zero-order valence-electron chi connectivity index (χ0n) is 16.4. The maximum atomic E-state index is 6.00. The Labute approximate surface area is 149 Å². The lowest BCUT2D eigenvalue weighted by molar-refractivity contribution is -0.110. The van der Waals surface area contributed by atoms with Gasteiger partial charge in [0.2, 0.25) is 0 Å². The van der Waals surface area contributed by atoms with Crippen LogP contribution in [0, 0.1) is 11.3 Å². The van der Waals surface area contributed by atoms with E-state index in [0.717, 1.165) is 19.1 Å². The lowest BCUT2D eigenvalue weighted by Crippen LogP contribution is -2.43. The number of rotatable bonds is 8. The van der Waals surface area contributed by atoms with Gasteiger partial charge in [0.05, 0.1) is 5.60 Å².